The molecule has 8 heteroatoms. The van der Waals surface area contributed by atoms with Gasteiger partial charge in [-0.05, 0) is 43.2 Å². The molecule has 2 aliphatic heterocycles. The average molecular weight is 399 g/mol. The van der Waals surface area contributed by atoms with Gasteiger partial charge in [-0.15, -0.1) is 0 Å². The second-order valence-electron chi connectivity index (χ2n) is 8.41. The number of rotatable bonds is 4. The largest absolute Gasteiger partial charge is 0.420 e. The van der Waals surface area contributed by atoms with Crippen LogP contribution in [0.15, 0.2) is 33.5 Å². The SMILES string of the molecule is O=C(NC1[C@@H]2CC[C@H]1CN(C(=O)Cn1c(=O)oc3ccccc31)C2)C1CCOC1. The van der Waals surface area contributed by atoms with Crippen LogP contribution in [0.25, 0.3) is 11.1 Å². The molecule has 2 bridgehead atoms. The smallest absolute Gasteiger partial charge is 0.408 e. The predicted octanol–water partition coefficient (Wildman–Crippen LogP) is 0.984. The van der Waals surface area contributed by atoms with Crippen LogP contribution >= 0.6 is 0 Å². The molecule has 1 aromatic heterocycles. The van der Waals surface area contributed by atoms with Crippen LogP contribution in [-0.2, 0) is 20.9 Å². The Morgan fingerprint density at radius 2 is 1.86 bits per heavy atom. The lowest BCUT2D eigenvalue weighted by Gasteiger charge is -2.38. The number of aromatic nitrogens is 1. The lowest BCUT2D eigenvalue weighted by molar-refractivity contribution is -0.135. The van der Waals surface area contributed by atoms with Gasteiger partial charge in [0.15, 0.2) is 5.58 Å². The van der Waals surface area contributed by atoms with Gasteiger partial charge in [0.25, 0.3) is 0 Å². The number of benzene rings is 1. The molecule has 0 spiro atoms. The van der Waals surface area contributed by atoms with Crippen molar-refractivity contribution in [1.29, 1.82) is 0 Å². The van der Waals surface area contributed by atoms with Crippen molar-refractivity contribution >= 4 is 22.9 Å². The van der Waals surface area contributed by atoms with Gasteiger partial charge in [-0.25, -0.2) is 4.79 Å². The van der Waals surface area contributed by atoms with Crippen molar-refractivity contribution < 1.29 is 18.7 Å². The van der Waals surface area contributed by atoms with Crippen LogP contribution in [0.1, 0.15) is 19.3 Å². The van der Waals surface area contributed by atoms with Crippen LogP contribution in [0.2, 0.25) is 0 Å². The minimum atomic E-state index is -0.511. The monoisotopic (exact) mass is 399 g/mol. The number of fused-ring (bicyclic) bond motifs is 3. The lowest BCUT2D eigenvalue weighted by atomic mass is 9.91. The van der Waals surface area contributed by atoms with E-state index in [9.17, 15) is 14.4 Å². The van der Waals surface area contributed by atoms with Crippen LogP contribution in [0.5, 0.6) is 0 Å². The number of nitrogens with one attached hydrogen (secondary N) is 1. The molecule has 1 saturated carbocycles. The molecule has 0 radical (unpaired) electrons. The molecule has 154 valence electrons. The number of likely N-dealkylation sites (tertiary alicyclic amines) is 1. The van der Waals surface area contributed by atoms with Gasteiger partial charge < -0.3 is 19.4 Å². The van der Waals surface area contributed by atoms with Gasteiger partial charge in [-0.1, -0.05) is 12.1 Å². The van der Waals surface area contributed by atoms with E-state index in [-0.39, 0.29) is 42.2 Å². The Bertz CT molecular complexity index is 976. The standard InChI is InChI=1S/C21H25N3O5/c25-18(11-24-16-3-1-2-4-17(16)29-21(24)27)23-9-13-5-6-14(10-23)19(13)22-20(26)15-7-8-28-12-15/h1-4,13-15,19H,5-12H2,(H,22,26)/t13-,14+,15?,19?. The first-order valence-electron chi connectivity index (χ1n) is 10.3. The third-order valence-electron chi connectivity index (χ3n) is 6.66. The van der Waals surface area contributed by atoms with Gasteiger partial charge in [-0.3, -0.25) is 14.2 Å². The summed E-state index contributed by atoms with van der Waals surface area (Å²) in [5.41, 5.74) is 1.12. The maximum Gasteiger partial charge on any atom is 0.420 e. The summed E-state index contributed by atoms with van der Waals surface area (Å²) in [5.74, 6) is -0.0209. The summed E-state index contributed by atoms with van der Waals surface area (Å²) in [6.07, 6.45) is 2.80. The number of carbonyl (C=O) groups excluding carboxylic acids is 2. The molecule has 8 nitrogen and oxygen atoms in total. The van der Waals surface area contributed by atoms with E-state index in [1.54, 1.807) is 18.2 Å². The zero-order valence-corrected chi connectivity index (χ0v) is 16.2. The highest BCUT2D eigenvalue weighted by Crippen LogP contribution is 2.37. The highest BCUT2D eigenvalue weighted by atomic mass is 16.5. The highest BCUT2D eigenvalue weighted by Gasteiger charge is 2.44. The first-order chi connectivity index (χ1) is 14.1. The normalized spacial score (nSPS) is 28.8. The van der Waals surface area contributed by atoms with Gasteiger partial charge in [0.05, 0.1) is 18.0 Å². The Balaban J connectivity index is 1.25. The highest BCUT2D eigenvalue weighted by molar-refractivity contribution is 5.81. The topological polar surface area (TPSA) is 93.8 Å². The predicted molar refractivity (Wildman–Crippen MR) is 104 cm³/mol. The quantitative estimate of drug-likeness (QED) is 0.827. The molecule has 1 aromatic carbocycles. The van der Waals surface area contributed by atoms with Crippen molar-refractivity contribution in [1.82, 2.24) is 14.8 Å². The second kappa shape index (κ2) is 7.33. The van der Waals surface area contributed by atoms with E-state index in [0.29, 0.717) is 37.4 Å². The number of piperidine rings is 1. The molecule has 2 unspecified atom stereocenters. The molecular weight excluding hydrogens is 374 g/mol. The number of ether oxygens (including phenoxy) is 1. The van der Waals surface area contributed by atoms with E-state index in [2.05, 4.69) is 5.32 Å². The fourth-order valence-electron chi connectivity index (χ4n) is 5.08. The fraction of sp³-hybridized carbons (Fsp3) is 0.571. The van der Waals surface area contributed by atoms with Gasteiger partial charge >= 0.3 is 5.76 Å². The van der Waals surface area contributed by atoms with Crippen molar-refractivity contribution in [3.63, 3.8) is 0 Å². The Kier molecular flexibility index (Phi) is 4.66. The first-order valence-corrected chi connectivity index (χ1v) is 10.3. The number of amides is 2. The number of para-hydroxylation sites is 2. The zero-order chi connectivity index (χ0) is 20.0. The minimum Gasteiger partial charge on any atom is -0.408 e. The Labute approximate surface area is 167 Å². The van der Waals surface area contributed by atoms with Crippen molar-refractivity contribution in [3.8, 4) is 0 Å². The van der Waals surface area contributed by atoms with Crippen LogP contribution in [0, 0.1) is 17.8 Å². The third-order valence-corrected chi connectivity index (χ3v) is 6.66. The summed E-state index contributed by atoms with van der Waals surface area (Å²) < 4.78 is 12.0. The summed E-state index contributed by atoms with van der Waals surface area (Å²) in [5, 5.41) is 3.23. The zero-order valence-electron chi connectivity index (χ0n) is 16.2. The van der Waals surface area contributed by atoms with Crippen molar-refractivity contribution in [2.24, 2.45) is 17.8 Å². The third kappa shape index (κ3) is 3.35. The van der Waals surface area contributed by atoms with Gasteiger partial charge in [0, 0.05) is 25.7 Å². The molecule has 3 fully saturated rings. The summed E-state index contributed by atoms with van der Waals surface area (Å²) in [7, 11) is 0. The number of oxazole rings is 1. The van der Waals surface area contributed by atoms with Crippen LogP contribution in [0.4, 0.5) is 0 Å². The Morgan fingerprint density at radius 1 is 1.10 bits per heavy atom. The summed E-state index contributed by atoms with van der Waals surface area (Å²) in [6, 6.07) is 7.26. The number of carbonyl (C=O) groups is 2. The first kappa shape index (κ1) is 18.4. The molecule has 2 amide bonds. The van der Waals surface area contributed by atoms with E-state index < -0.39 is 5.76 Å². The lowest BCUT2D eigenvalue weighted by Crippen LogP contribution is -2.55. The number of hydrogen-bond acceptors (Lipinski definition) is 5. The van der Waals surface area contributed by atoms with Gasteiger partial charge in [0.2, 0.25) is 11.8 Å². The molecule has 2 saturated heterocycles. The Hall–Kier alpha value is -2.61. The van der Waals surface area contributed by atoms with Gasteiger partial charge in [0.1, 0.15) is 6.54 Å². The Morgan fingerprint density at radius 3 is 2.59 bits per heavy atom. The van der Waals surface area contributed by atoms with E-state index >= 15 is 0 Å². The minimum absolute atomic E-state index is 0.0221. The maximum atomic E-state index is 12.9. The van der Waals surface area contributed by atoms with Gasteiger partial charge in [-0.2, -0.15) is 0 Å². The molecular formula is C21H25N3O5. The molecule has 2 aromatic rings. The molecule has 1 aliphatic carbocycles. The summed E-state index contributed by atoms with van der Waals surface area (Å²) >= 11 is 0. The molecule has 4 atom stereocenters. The molecule has 1 N–H and O–H groups in total. The van der Waals surface area contributed by atoms with Crippen LogP contribution in [0.3, 0.4) is 0 Å². The molecule has 29 heavy (non-hydrogen) atoms. The average Bonchev–Trinajstić information content (AvgIpc) is 3.40. The fourth-order valence-corrected chi connectivity index (χ4v) is 5.08. The van der Waals surface area contributed by atoms with Crippen LogP contribution in [-0.4, -0.2) is 53.6 Å². The van der Waals surface area contributed by atoms with E-state index in [0.717, 1.165) is 19.3 Å². The maximum absolute atomic E-state index is 12.9. The number of nitrogens with zero attached hydrogens (tertiary/aromatic N) is 2. The second-order valence-corrected chi connectivity index (χ2v) is 8.41. The van der Waals surface area contributed by atoms with Crippen molar-refractivity contribution in [3.05, 3.63) is 34.8 Å². The van der Waals surface area contributed by atoms with Crippen LogP contribution < -0.4 is 11.1 Å². The van der Waals surface area contributed by atoms with Crippen molar-refractivity contribution in [2.75, 3.05) is 26.3 Å². The molecule has 3 aliphatic rings. The van der Waals surface area contributed by atoms with E-state index in [1.165, 1.54) is 4.57 Å². The summed E-state index contributed by atoms with van der Waals surface area (Å²) in [4.78, 5) is 39.5. The van der Waals surface area contributed by atoms with E-state index in [4.69, 9.17) is 9.15 Å². The molecule has 3 heterocycles. The molecule has 5 rings (SSSR count). The van der Waals surface area contributed by atoms with E-state index in [1.807, 2.05) is 11.0 Å². The number of hydrogen-bond donors (Lipinski definition) is 1. The van der Waals surface area contributed by atoms with Crippen molar-refractivity contribution in [2.45, 2.75) is 31.8 Å². The summed E-state index contributed by atoms with van der Waals surface area (Å²) in [6.45, 7) is 2.37.